The zero-order valence-electron chi connectivity index (χ0n) is 13.9. The number of hydrogen-bond acceptors (Lipinski definition) is 5. The first-order valence-electron chi connectivity index (χ1n) is 7.89. The molecule has 0 fully saturated rings. The molecule has 0 saturated heterocycles. The van der Waals surface area contributed by atoms with Crippen molar-refractivity contribution in [3.63, 3.8) is 0 Å². The first-order chi connectivity index (χ1) is 12.1. The summed E-state index contributed by atoms with van der Waals surface area (Å²) in [6.07, 6.45) is -0.850. The largest absolute Gasteiger partial charge is 0.450 e. The Morgan fingerprint density at radius 2 is 1.60 bits per heavy atom. The van der Waals surface area contributed by atoms with Crippen LogP contribution >= 0.6 is 11.3 Å². The molecule has 4 nitrogen and oxygen atoms in total. The van der Waals surface area contributed by atoms with Gasteiger partial charge < -0.3 is 4.74 Å². The maximum absolute atomic E-state index is 12.5. The molecule has 3 aromatic rings. The second-order valence-corrected chi connectivity index (χ2v) is 6.58. The fourth-order valence-corrected chi connectivity index (χ4v) is 3.35. The molecule has 3 rings (SSSR count). The standard InChI is InChI=1S/C20H17NO3S/c1-13-18(25-19(21-13)16-11-7-4-8-12-16)20(23)24-14(2)17(22)15-9-5-3-6-10-15/h3-12,14H,1-2H3. The van der Waals surface area contributed by atoms with Crippen LogP contribution in [0.3, 0.4) is 0 Å². The number of aryl methyl sites for hydroxylation is 1. The molecule has 0 saturated carbocycles. The van der Waals surface area contributed by atoms with Gasteiger partial charge in [-0.15, -0.1) is 11.3 Å². The molecule has 126 valence electrons. The third kappa shape index (κ3) is 3.83. The molecular formula is C20H17NO3S. The van der Waals surface area contributed by atoms with Gasteiger partial charge >= 0.3 is 5.97 Å². The molecule has 0 spiro atoms. The van der Waals surface area contributed by atoms with Crippen LogP contribution in [-0.2, 0) is 4.74 Å². The van der Waals surface area contributed by atoms with Crippen LogP contribution in [0.2, 0.25) is 0 Å². The number of nitrogens with zero attached hydrogens (tertiary/aromatic N) is 1. The molecule has 1 atom stereocenters. The van der Waals surface area contributed by atoms with Crippen molar-refractivity contribution in [2.75, 3.05) is 0 Å². The van der Waals surface area contributed by atoms with Gasteiger partial charge in [0.1, 0.15) is 9.88 Å². The molecule has 0 radical (unpaired) electrons. The monoisotopic (exact) mass is 351 g/mol. The number of hydrogen-bond donors (Lipinski definition) is 0. The van der Waals surface area contributed by atoms with Crippen LogP contribution < -0.4 is 0 Å². The highest BCUT2D eigenvalue weighted by Crippen LogP contribution is 2.28. The summed E-state index contributed by atoms with van der Waals surface area (Å²) in [6.45, 7) is 3.35. The van der Waals surface area contributed by atoms with Crippen molar-refractivity contribution >= 4 is 23.1 Å². The van der Waals surface area contributed by atoms with Crippen LogP contribution in [0.4, 0.5) is 0 Å². The third-order valence-electron chi connectivity index (χ3n) is 3.71. The summed E-state index contributed by atoms with van der Waals surface area (Å²) in [6, 6.07) is 18.5. The Morgan fingerprint density at radius 1 is 1.00 bits per heavy atom. The van der Waals surface area contributed by atoms with E-state index in [1.165, 1.54) is 11.3 Å². The van der Waals surface area contributed by atoms with Crippen molar-refractivity contribution in [1.29, 1.82) is 0 Å². The second-order valence-electron chi connectivity index (χ2n) is 5.58. The number of thiazole rings is 1. The number of carbonyl (C=O) groups excluding carboxylic acids is 2. The van der Waals surface area contributed by atoms with Crippen LogP contribution in [0.25, 0.3) is 10.6 Å². The van der Waals surface area contributed by atoms with E-state index >= 15 is 0 Å². The summed E-state index contributed by atoms with van der Waals surface area (Å²) in [5.74, 6) is -0.742. The Labute approximate surface area is 150 Å². The number of rotatable bonds is 5. The van der Waals surface area contributed by atoms with E-state index < -0.39 is 12.1 Å². The van der Waals surface area contributed by atoms with Gasteiger partial charge in [0.05, 0.1) is 5.69 Å². The molecule has 0 aliphatic heterocycles. The van der Waals surface area contributed by atoms with Gasteiger partial charge in [0.2, 0.25) is 5.78 Å². The lowest BCUT2D eigenvalue weighted by molar-refractivity contribution is 0.0322. The molecule has 1 unspecified atom stereocenters. The van der Waals surface area contributed by atoms with Crippen LogP contribution in [0.1, 0.15) is 32.6 Å². The van der Waals surface area contributed by atoms with Gasteiger partial charge in [0.25, 0.3) is 0 Å². The summed E-state index contributed by atoms with van der Waals surface area (Å²) in [5, 5.41) is 0.757. The first-order valence-corrected chi connectivity index (χ1v) is 8.71. The second kappa shape index (κ2) is 7.40. The van der Waals surface area contributed by atoms with Crippen molar-refractivity contribution in [3.8, 4) is 10.6 Å². The predicted octanol–water partition coefficient (Wildman–Crippen LogP) is 4.55. The van der Waals surface area contributed by atoms with E-state index in [1.54, 1.807) is 38.1 Å². The van der Waals surface area contributed by atoms with Gasteiger partial charge in [0.15, 0.2) is 6.10 Å². The number of aromatic nitrogens is 1. The van der Waals surface area contributed by atoms with Gasteiger partial charge in [-0.05, 0) is 13.8 Å². The zero-order chi connectivity index (χ0) is 17.8. The lowest BCUT2D eigenvalue weighted by atomic mass is 10.1. The van der Waals surface area contributed by atoms with Crippen molar-refractivity contribution in [2.45, 2.75) is 20.0 Å². The summed E-state index contributed by atoms with van der Waals surface area (Å²) < 4.78 is 5.36. The first kappa shape index (κ1) is 17.0. The fourth-order valence-electron chi connectivity index (χ4n) is 2.39. The van der Waals surface area contributed by atoms with E-state index in [0.717, 1.165) is 10.6 Å². The Balaban J connectivity index is 1.75. The number of esters is 1. The van der Waals surface area contributed by atoms with Crippen molar-refractivity contribution < 1.29 is 14.3 Å². The summed E-state index contributed by atoms with van der Waals surface area (Å²) in [7, 11) is 0. The number of carbonyl (C=O) groups is 2. The molecule has 2 aromatic carbocycles. The van der Waals surface area contributed by atoms with E-state index in [2.05, 4.69) is 4.98 Å². The normalized spacial score (nSPS) is 11.8. The van der Waals surface area contributed by atoms with E-state index in [4.69, 9.17) is 4.74 Å². The minimum atomic E-state index is -0.850. The van der Waals surface area contributed by atoms with E-state index in [-0.39, 0.29) is 5.78 Å². The number of ketones is 1. The SMILES string of the molecule is Cc1nc(-c2ccccc2)sc1C(=O)OC(C)C(=O)c1ccccc1. The lowest BCUT2D eigenvalue weighted by Gasteiger charge is -2.11. The highest BCUT2D eigenvalue weighted by molar-refractivity contribution is 7.17. The molecule has 0 amide bonds. The lowest BCUT2D eigenvalue weighted by Crippen LogP contribution is -2.24. The van der Waals surface area contributed by atoms with Crippen LogP contribution in [0.15, 0.2) is 60.7 Å². The topological polar surface area (TPSA) is 56.3 Å². The molecule has 0 aliphatic carbocycles. The van der Waals surface area contributed by atoms with Crippen LogP contribution in [0.5, 0.6) is 0 Å². The van der Waals surface area contributed by atoms with Crippen molar-refractivity contribution in [2.24, 2.45) is 0 Å². The molecule has 5 heteroatoms. The summed E-state index contributed by atoms with van der Waals surface area (Å²) in [5.41, 5.74) is 2.07. The predicted molar refractivity (Wildman–Crippen MR) is 97.9 cm³/mol. The molecular weight excluding hydrogens is 334 g/mol. The molecule has 25 heavy (non-hydrogen) atoms. The maximum Gasteiger partial charge on any atom is 0.350 e. The minimum absolute atomic E-state index is 0.223. The summed E-state index contributed by atoms with van der Waals surface area (Å²) >= 11 is 1.27. The Hall–Kier alpha value is -2.79. The van der Waals surface area contributed by atoms with Crippen molar-refractivity contribution in [1.82, 2.24) is 4.98 Å². The molecule has 0 aliphatic rings. The Kier molecular flexibility index (Phi) is 5.05. The number of Topliss-reactive ketones (excluding diaryl/α,β-unsaturated/α-hetero) is 1. The minimum Gasteiger partial charge on any atom is -0.450 e. The average Bonchev–Trinajstić information content (AvgIpc) is 3.04. The van der Waals surface area contributed by atoms with Crippen LogP contribution in [-0.4, -0.2) is 22.8 Å². The van der Waals surface area contributed by atoms with Gasteiger partial charge in [-0.3, -0.25) is 4.79 Å². The Bertz CT molecular complexity index is 888. The fraction of sp³-hybridized carbons (Fsp3) is 0.150. The highest BCUT2D eigenvalue weighted by Gasteiger charge is 2.23. The Morgan fingerprint density at radius 3 is 2.24 bits per heavy atom. The quantitative estimate of drug-likeness (QED) is 0.500. The van der Waals surface area contributed by atoms with Gasteiger partial charge in [-0.2, -0.15) is 0 Å². The van der Waals surface area contributed by atoms with E-state index in [0.29, 0.717) is 16.1 Å². The van der Waals surface area contributed by atoms with E-state index in [9.17, 15) is 9.59 Å². The van der Waals surface area contributed by atoms with Crippen molar-refractivity contribution in [3.05, 3.63) is 76.8 Å². The average molecular weight is 351 g/mol. The van der Waals surface area contributed by atoms with Crippen LogP contribution in [0, 0.1) is 6.92 Å². The van der Waals surface area contributed by atoms with Gasteiger partial charge in [-0.1, -0.05) is 60.7 Å². The van der Waals surface area contributed by atoms with E-state index in [1.807, 2.05) is 36.4 Å². The maximum atomic E-state index is 12.5. The van der Waals surface area contributed by atoms with Gasteiger partial charge in [0, 0.05) is 11.1 Å². The molecule has 0 N–H and O–H groups in total. The highest BCUT2D eigenvalue weighted by atomic mass is 32.1. The zero-order valence-corrected chi connectivity index (χ0v) is 14.7. The van der Waals surface area contributed by atoms with Gasteiger partial charge in [-0.25, -0.2) is 9.78 Å². The molecule has 1 aromatic heterocycles. The molecule has 1 heterocycles. The summed E-state index contributed by atoms with van der Waals surface area (Å²) in [4.78, 5) is 29.7. The smallest absolute Gasteiger partial charge is 0.350 e. The molecule has 0 bridgehead atoms. The number of benzene rings is 2. The number of ether oxygens (including phenoxy) is 1. The third-order valence-corrected chi connectivity index (χ3v) is 4.90.